The van der Waals surface area contributed by atoms with Gasteiger partial charge in [0.05, 0.1) is 16.8 Å². The normalized spacial score (nSPS) is 13.5. The largest absolute Gasteiger partial charge is 0.465 e. The summed E-state index contributed by atoms with van der Waals surface area (Å²) in [6.07, 6.45) is -10.7. The number of pyridine rings is 2. The molecule has 0 unspecified atom stereocenters. The molecule has 0 saturated heterocycles. The molecule has 0 radical (unpaired) electrons. The van der Waals surface area contributed by atoms with Crippen LogP contribution in [0.2, 0.25) is 0 Å². The van der Waals surface area contributed by atoms with Crippen LogP contribution in [0.15, 0.2) is 36.7 Å². The molecular formula is C16H16F6N4O4. The van der Waals surface area contributed by atoms with E-state index in [1.54, 1.807) is 0 Å². The average Bonchev–Trinajstić information content (AvgIpc) is 2.63. The molecule has 2 N–H and O–H groups in total. The number of rotatable bonds is 5. The van der Waals surface area contributed by atoms with Gasteiger partial charge in [-0.05, 0) is 19.9 Å². The molecule has 30 heavy (non-hydrogen) atoms. The molecule has 2 atom stereocenters. The number of alkyl halides is 6. The summed E-state index contributed by atoms with van der Waals surface area (Å²) in [4.78, 5) is 16.5. The van der Waals surface area contributed by atoms with Crippen molar-refractivity contribution in [2.75, 3.05) is 5.73 Å². The second-order valence-electron chi connectivity index (χ2n) is 5.64. The first-order chi connectivity index (χ1) is 13.7. The average molecular weight is 442 g/mol. The van der Waals surface area contributed by atoms with E-state index in [1.165, 1.54) is 18.3 Å². The maximum atomic E-state index is 12.1. The molecule has 0 amide bonds. The van der Waals surface area contributed by atoms with Gasteiger partial charge in [0.25, 0.3) is 5.69 Å². The van der Waals surface area contributed by atoms with Crippen LogP contribution in [0, 0.1) is 10.1 Å². The minimum absolute atomic E-state index is 0.0935. The van der Waals surface area contributed by atoms with Gasteiger partial charge in [-0.25, -0.2) is 9.97 Å². The highest BCUT2D eigenvalue weighted by molar-refractivity contribution is 5.36. The maximum Gasteiger partial charge on any atom is 0.425 e. The summed E-state index contributed by atoms with van der Waals surface area (Å²) in [5.74, 6) is -0.403. The molecule has 0 bridgehead atoms. The molecular weight excluding hydrogens is 426 g/mol. The number of hydrogen-bond donors (Lipinski definition) is 1. The molecule has 2 aromatic heterocycles. The molecule has 8 nitrogen and oxygen atoms in total. The van der Waals surface area contributed by atoms with Gasteiger partial charge in [-0.1, -0.05) is 0 Å². The van der Waals surface area contributed by atoms with Crippen LogP contribution >= 0.6 is 0 Å². The first-order valence-electron chi connectivity index (χ1n) is 7.99. The van der Waals surface area contributed by atoms with Gasteiger partial charge in [-0.15, -0.1) is 0 Å². The molecule has 0 aliphatic carbocycles. The van der Waals surface area contributed by atoms with Crippen LogP contribution in [0.4, 0.5) is 37.7 Å². The van der Waals surface area contributed by atoms with Crippen LogP contribution in [-0.4, -0.2) is 39.5 Å². The summed E-state index contributed by atoms with van der Waals surface area (Å²) in [7, 11) is 0. The first-order valence-corrected chi connectivity index (χ1v) is 7.99. The van der Waals surface area contributed by atoms with Crippen molar-refractivity contribution in [1.29, 1.82) is 0 Å². The predicted octanol–water partition coefficient (Wildman–Crippen LogP) is 4.31. The fourth-order valence-electron chi connectivity index (χ4n) is 1.51. The van der Waals surface area contributed by atoms with Gasteiger partial charge < -0.3 is 15.2 Å². The minimum Gasteiger partial charge on any atom is -0.465 e. The van der Waals surface area contributed by atoms with Crippen molar-refractivity contribution in [3.8, 4) is 11.8 Å². The third-order valence-corrected chi connectivity index (χ3v) is 3.21. The maximum absolute atomic E-state index is 12.1. The van der Waals surface area contributed by atoms with E-state index < -0.39 is 29.5 Å². The Bertz CT molecular complexity index is 812. The zero-order chi connectivity index (χ0) is 23.1. The molecule has 14 heteroatoms. The number of hydrogen-bond acceptors (Lipinski definition) is 7. The SMILES string of the molecule is C[C@H](Oc1ccc(N)cn1)C(F)(F)F.C[C@H](Oc1ccc([N+](=O)[O-])cn1)C(F)(F)F. The Kier molecular flexibility index (Phi) is 8.19. The number of nitrogens with two attached hydrogens (primary N) is 1. The lowest BCUT2D eigenvalue weighted by molar-refractivity contribution is -0.385. The van der Waals surface area contributed by atoms with Gasteiger partial charge >= 0.3 is 12.4 Å². The van der Waals surface area contributed by atoms with E-state index in [4.69, 9.17) is 5.73 Å². The quantitative estimate of drug-likeness (QED) is 0.417. The number of halogens is 6. The van der Waals surface area contributed by atoms with Gasteiger partial charge in [0.1, 0.15) is 6.20 Å². The van der Waals surface area contributed by atoms with E-state index in [1.807, 2.05) is 0 Å². The molecule has 0 fully saturated rings. The number of nitrogens with zero attached hydrogens (tertiary/aromatic N) is 3. The van der Waals surface area contributed by atoms with E-state index in [0.29, 0.717) is 5.69 Å². The van der Waals surface area contributed by atoms with Gasteiger partial charge in [-0.3, -0.25) is 10.1 Å². The molecule has 2 aromatic rings. The summed E-state index contributed by atoms with van der Waals surface area (Å²) in [5.41, 5.74) is 5.36. The Morgan fingerprint density at radius 3 is 1.63 bits per heavy atom. The third-order valence-electron chi connectivity index (χ3n) is 3.21. The Labute approximate surface area is 165 Å². The van der Waals surface area contributed by atoms with Gasteiger partial charge in [0, 0.05) is 18.2 Å². The summed E-state index contributed by atoms with van der Waals surface area (Å²) < 4.78 is 81.4. The van der Waals surface area contributed by atoms with E-state index in [9.17, 15) is 36.5 Å². The molecule has 2 rings (SSSR count). The van der Waals surface area contributed by atoms with Crippen molar-refractivity contribution in [2.45, 2.75) is 38.4 Å². The summed E-state index contributed by atoms with van der Waals surface area (Å²) in [6, 6.07) is 4.74. The lowest BCUT2D eigenvalue weighted by Crippen LogP contribution is -2.31. The first kappa shape index (κ1) is 24.7. The van der Waals surface area contributed by atoms with Crippen LogP contribution in [-0.2, 0) is 0 Å². The smallest absolute Gasteiger partial charge is 0.425 e. The van der Waals surface area contributed by atoms with E-state index in [0.717, 1.165) is 32.2 Å². The molecule has 0 aliphatic heterocycles. The van der Waals surface area contributed by atoms with Crippen LogP contribution in [0.25, 0.3) is 0 Å². The van der Waals surface area contributed by atoms with Crippen molar-refractivity contribution >= 4 is 11.4 Å². The van der Waals surface area contributed by atoms with E-state index >= 15 is 0 Å². The van der Waals surface area contributed by atoms with E-state index in [-0.39, 0.29) is 17.4 Å². The number of ether oxygens (including phenoxy) is 2. The Hall–Kier alpha value is -3.32. The fraction of sp³-hybridized carbons (Fsp3) is 0.375. The zero-order valence-electron chi connectivity index (χ0n) is 15.4. The summed E-state index contributed by atoms with van der Waals surface area (Å²) in [6.45, 7) is 1.74. The molecule has 166 valence electrons. The lowest BCUT2D eigenvalue weighted by Gasteiger charge is -2.16. The minimum atomic E-state index is -4.50. The summed E-state index contributed by atoms with van der Waals surface area (Å²) >= 11 is 0. The number of nitrogen functional groups attached to an aromatic ring is 1. The standard InChI is InChI=1S/C8H7F3N2O3.C8H9F3N2O/c1-5(8(9,10)11)16-7-3-2-6(4-12-7)13(14)15;1-5(8(9,10)11)14-7-3-2-6(12)4-13-7/h2-5H,1H3;2-5H,12H2,1H3/t2*5-/m00/s1. The molecule has 2 heterocycles. The Morgan fingerprint density at radius 1 is 0.900 bits per heavy atom. The molecule has 0 aromatic carbocycles. The zero-order valence-corrected chi connectivity index (χ0v) is 15.4. The van der Waals surface area contributed by atoms with Crippen molar-refractivity contribution in [1.82, 2.24) is 9.97 Å². The van der Waals surface area contributed by atoms with Crippen molar-refractivity contribution in [3.63, 3.8) is 0 Å². The van der Waals surface area contributed by atoms with Gasteiger partial charge in [0.15, 0.2) is 12.2 Å². The van der Waals surface area contributed by atoms with Gasteiger partial charge in [-0.2, -0.15) is 26.3 Å². The second-order valence-corrected chi connectivity index (χ2v) is 5.64. The van der Waals surface area contributed by atoms with Gasteiger partial charge in [0.2, 0.25) is 11.8 Å². The predicted molar refractivity (Wildman–Crippen MR) is 91.8 cm³/mol. The highest BCUT2D eigenvalue weighted by Gasteiger charge is 2.39. The number of anilines is 1. The highest BCUT2D eigenvalue weighted by atomic mass is 19.4. The number of nitro groups is 1. The van der Waals surface area contributed by atoms with Crippen LogP contribution in [0.3, 0.4) is 0 Å². The van der Waals surface area contributed by atoms with Crippen molar-refractivity contribution in [3.05, 3.63) is 46.8 Å². The third kappa shape index (κ3) is 8.36. The van der Waals surface area contributed by atoms with Crippen molar-refractivity contribution < 1.29 is 40.7 Å². The fourth-order valence-corrected chi connectivity index (χ4v) is 1.51. The number of aromatic nitrogens is 2. The Morgan fingerprint density at radius 2 is 1.33 bits per heavy atom. The van der Waals surface area contributed by atoms with Crippen LogP contribution < -0.4 is 15.2 Å². The molecule has 0 spiro atoms. The van der Waals surface area contributed by atoms with Crippen LogP contribution in [0.5, 0.6) is 11.8 Å². The van der Waals surface area contributed by atoms with E-state index in [2.05, 4.69) is 19.4 Å². The Balaban J connectivity index is 0.000000303. The van der Waals surface area contributed by atoms with Crippen molar-refractivity contribution in [2.24, 2.45) is 0 Å². The lowest BCUT2D eigenvalue weighted by atomic mass is 10.4. The molecule has 0 saturated carbocycles. The summed E-state index contributed by atoms with van der Waals surface area (Å²) in [5, 5.41) is 10.2. The molecule has 0 aliphatic rings. The van der Waals surface area contributed by atoms with Crippen LogP contribution in [0.1, 0.15) is 13.8 Å². The monoisotopic (exact) mass is 442 g/mol. The second kappa shape index (κ2) is 9.93. The highest BCUT2D eigenvalue weighted by Crippen LogP contribution is 2.25. The topological polar surface area (TPSA) is 113 Å².